The van der Waals surface area contributed by atoms with Crippen molar-refractivity contribution in [3.8, 4) is 0 Å². The van der Waals surface area contributed by atoms with E-state index in [-0.39, 0.29) is 18.2 Å². The number of carbonyl (C=O) groups excluding carboxylic acids is 3. The number of esters is 2. The third-order valence-electron chi connectivity index (χ3n) is 4.17. The number of aromatic amines is 1. The largest absolute Gasteiger partial charge is 0.462 e. The van der Waals surface area contributed by atoms with Gasteiger partial charge in [-0.05, 0) is 46.1 Å². The highest BCUT2D eigenvalue weighted by atomic mass is 16.5. The summed E-state index contributed by atoms with van der Waals surface area (Å²) in [7, 11) is 0. The molecule has 0 spiro atoms. The maximum Gasteiger partial charge on any atom is 0.355 e. The number of nitrogens with one attached hydrogen (secondary N) is 1. The number of aromatic nitrogens is 1. The van der Waals surface area contributed by atoms with Crippen LogP contribution in [0.5, 0.6) is 0 Å². The van der Waals surface area contributed by atoms with Gasteiger partial charge >= 0.3 is 11.9 Å². The molecule has 1 fully saturated rings. The molecular weight excluding hydrogens is 312 g/mol. The van der Waals surface area contributed by atoms with E-state index < -0.39 is 18.0 Å². The summed E-state index contributed by atoms with van der Waals surface area (Å²) < 4.78 is 10.3. The van der Waals surface area contributed by atoms with Crippen molar-refractivity contribution < 1.29 is 23.9 Å². The molecule has 1 N–H and O–H groups in total. The van der Waals surface area contributed by atoms with Crippen molar-refractivity contribution >= 4 is 17.8 Å². The van der Waals surface area contributed by atoms with E-state index >= 15 is 0 Å². The number of aryl methyl sites for hydroxylation is 1. The van der Waals surface area contributed by atoms with Crippen LogP contribution in [0.4, 0.5) is 0 Å². The highest BCUT2D eigenvalue weighted by molar-refractivity contribution is 5.99. The van der Waals surface area contributed by atoms with Gasteiger partial charge in [0, 0.05) is 18.8 Å². The summed E-state index contributed by atoms with van der Waals surface area (Å²) in [5.74, 6) is -1.32. The van der Waals surface area contributed by atoms with Crippen LogP contribution < -0.4 is 0 Å². The summed E-state index contributed by atoms with van der Waals surface area (Å²) in [5.41, 5.74) is 1.52. The average molecular weight is 336 g/mol. The van der Waals surface area contributed by atoms with Crippen LogP contribution in [0.1, 0.15) is 58.8 Å². The molecule has 0 saturated carbocycles. The van der Waals surface area contributed by atoms with Crippen molar-refractivity contribution in [3.05, 3.63) is 22.5 Å². The molecule has 2 heterocycles. The molecule has 0 bridgehead atoms. The van der Waals surface area contributed by atoms with E-state index in [1.165, 1.54) is 0 Å². The summed E-state index contributed by atoms with van der Waals surface area (Å²) in [6.45, 7) is 8.28. The SMILES string of the molecule is CCOC(=O)c1c(C)[nH]c(C(=O)O[C@@H](C)C(=O)N2CCCC2)c1C. The Morgan fingerprint density at radius 1 is 1.17 bits per heavy atom. The normalized spacial score (nSPS) is 15.2. The molecule has 24 heavy (non-hydrogen) atoms. The highest BCUT2D eigenvalue weighted by Crippen LogP contribution is 2.20. The van der Waals surface area contributed by atoms with Crippen LogP contribution >= 0.6 is 0 Å². The molecule has 2 rings (SSSR count). The number of H-pyrrole nitrogens is 1. The van der Waals surface area contributed by atoms with Gasteiger partial charge in [0.15, 0.2) is 6.10 Å². The van der Waals surface area contributed by atoms with Crippen LogP contribution in [-0.2, 0) is 14.3 Å². The van der Waals surface area contributed by atoms with E-state index in [1.807, 2.05) is 0 Å². The number of amides is 1. The molecule has 1 amide bonds. The molecule has 1 aromatic heterocycles. The van der Waals surface area contributed by atoms with Crippen LogP contribution in [-0.4, -0.2) is 53.5 Å². The van der Waals surface area contributed by atoms with Gasteiger partial charge in [-0.3, -0.25) is 4.79 Å². The lowest BCUT2D eigenvalue weighted by Gasteiger charge is -2.20. The molecule has 0 aliphatic carbocycles. The van der Waals surface area contributed by atoms with Crippen molar-refractivity contribution in [1.82, 2.24) is 9.88 Å². The van der Waals surface area contributed by atoms with Crippen LogP contribution in [0.25, 0.3) is 0 Å². The number of rotatable bonds is 5. The topological polar surface area (TPSA) is 88.7 Å². The second-order valence-corrected chi connectivity index (χ2v) is 5.93. The molecule has 7 nitrogen and oxygen atoms in total. The number of ether oxygens (including phenoxy) is 2. The Balaban J connectivity index is 2.11. The van der Waals surface area contributed by atoms with Crippen molar-refractivity contribution in [2.24, 2.45) is 0 Å². The van der Waals surface area contributed by atoms with Gasteiger partial charge in [0.05, 0.1) is 12.2 Å². The number of likely N-dealkylation sites (tertiary alicyclic amines) is 1. The van der Waals surface area contributed by atoms with Gasteiger partial charge in [-0.15, -0.1) is 0 Å². The lowest BCUT2D eigenvalue weighted by molar-refractivity contribution is -0.138. The lowest BCUT2D eigenvalue weighted by Crippen LogP contribution is -2.38. The average Bonchev–Trinajstić information content (AvgIpc) is 3.15. The maximum absolute atomic E-state index is 12.4. The van der Waals surface area contributed by atoms with Crippen LogP contribution in [0.15, 0.2) is 0 Å². The predicted molar refractivity (Wildman–Crippen MR) is 86.9 cm³/mol. The molecule has 0 unspecified atom stereocenters. The Labute approximate surface area is 141 Å². The first kappa shape index (κ1) is 18.0. The Morgan fingerprint density at radius 3 is 2.38 bits per heavy atom. The summed E-state index contributed by atoms with van der Waals surface area (Å²) in [6, 6.07) is 0. The minimum Gasteiger partial charge on any atom is -0.462 e. The molecular formula is C17H24N2O5. The fourth-order valence-corrected chi connectivity index (χ4v) is 2.93. The van der Waals surface area contributed by atoms with E-state index in [4.69, 9.17) is 9.47 Å². The molecule has 1 saturated heterocycles. The highest BCUT2D eigenvalue weighted by Gasteiger charge is 2.29. The van der Waals surface area contributed by atoms with Gasteiger partial charge in [-0.1, -0.05) is 0 Å². The number of carbonyl (C=O) groups is 3. The second kappa shape index (κ2) is 7.51. The Kier molecular flexibility index (Phi) is 5.64. The third-order valence-corrected chi connectivity index (χ3v) is 4.17. The van der Waals surface area contributed by atoms with E-state index in [2.05, 4.69) is 4.98 Å². The molecule has 7 heteroatoms. The lowest BCUT2D eigenvalue weighted by atomic mass is 10.1. The minimum atomic E-state index is -0.857. The van der Waals surface area contributed by atoms with Crippen molar-refractivity contribution in [2.75, 3.05) is 19.7 Å². The first-order valence-corrected chi connectivity index (χ1v) is 8.22. The van der Waals surface area contributed by atoms with Crippen molar-refractivity contribution in [2.45, 2.75) is 46.6 Å². The zero-order valence-corrected chi connectivity index (χ0v) is 14.6. The first-order valence-electron chi connectivity index (χ1n) is 8.22. The van der Waals surface area contributed by atoms with Gasteiger partial charge in [-0.25, -0.2) is 9.59 Å². The monoisotopic (exact) mass is 336 g/mol. The van der Waals surface area contributed by atoms with Crippen LogP contribution in [0, 0.1) is 13.8 Å². The van der Waals surface area contributed by atoms with Gasteiger partial charge in [0.1, 0.15) is 5.69 Å². The van der Waals surface area contributed by atoms with Crippen molar-refractivity contribution in [1.29, 1.82) is 0 Å². The first-order chi connectivity index (χ1) is 11.4. The van der Waals surface area contributed by atoms with Gasteiger partial charge in [0.25, 0.3) is 5.91 Å². The summed E-state index contributed by atoms with van der Waals surface area (Å²) >= 11 is 0. The third kappa shape index (κ3) is 3.60. The summed E-state index contributed by atoms with van der Waals surface area (Å²) in [6.07, 6.45) is 1.10. The predicted octanol–water partition coefficient (Wildman–Crippen LogP) is 1.98. The maximum atomic E-state index is 12.4. The van der Waals surface area contributed by atoms with Gasteiger partial charge in [0.2, 0.25) is 0 Å². The summed E-state index contributed by atoms with van der Waals surface area (Å²) in [4.78, 5) is 41.1. The zero-order chi connectivity index (χ0) is 17.9. The molecule has 1 aliphatic rings. The minimum absolute atomic E-state index is 0.177. The fourth-order valence-electron chi connectivity index (χ4n) is 2.93. The molecule has 1 aliphatic heterocycles. The van der Waals surface area contributed by atoms with E-state index in [1.54, 1.807) is 32.6 Å². The molecule has 1 atom stereocenters. The van der Waals surface area contributed by atoms with E-state index in [0.717, 1.165) is 12.8 Å². The Morgan fingerprint density at radius 2 is 1.79 bits per heavy atom. The number of nitrogens with zero attached hydrogens (tertiary/aromatic N) is 1. The standard InChI is InChI=1S/C17H24N2O5/c1-5-23-16(21)13-10(2)14(18-11(13)3)17(22)24-12(4)15(20)19-8-6-7-9-19/h12,18H,5-9H2,1-4H3/t12-/m0/s1. The number of hydrogen-bond donors (Lipinski definition) is 1. The molecule has 1 aromatic rings. The Bertz CT molecular complexity index is 644. The van der Waals surface area contributed by atoms with E-state index in [9.17, 15) is 14.4 Å². The van der Waals surface area contributed by atoms with Gasteiger partial charge < -0.3 is 19.4 Å². The van der Waals surface area contributed by atoms with Crippen LogP contribution in [0.2, 0.25) is 0 Å². The van der Waals surface area contributed by atoms with E-state index in [0.29, 0.717) is 29.9 Å². The molecule has 0 aromatic carbocycles. The quantitative estimate of drug-likeness (QED) is 0.831. The smallest absolute Gasteiger partial charge is 0.355 e. The van der Waals surface area contributed by atoms with Crippen molar-refractivity contribution in [3.63, 3.8) is 0 Å². The fraction of sp³-hybridized carbons (Fsp3) is 0.588. The van der Waals surface area contributed by atoms with Crippen LogP contribution in [0.3, 0.4) is 0 Å². The molecule has 0 radical (unpaired) electrons. The number of hydrogen-bond acceptors (Lipinski definition) is 5. The van der Waals surface area contributed by atoms with Gasteiger partial charge in [-0.2, -0.15) is 0 Å². The zero-order valence-electron chi connectivity index (χ0n) is 14.6. The Hall–Kier alpha value is -2.31. The second-order valence-electron chi connectivity index (χ2n) is 5.93. The summed E-state index contributed by atoms with van der Waals surface area (Å²) in [5, 5.41) is 0. The molecule has 132 valence electrons.